The van der Waals surface area contributed by atoms with Crippen LogP contribution in [0.1, 0.15) is 16.5 Å². The lowest BCUT2D eigenvalue weighted by Gasteiger charge is -2.21. The molecule has 0 fully saturated rings. The molecule has 1 aromatic heterocycles. The quantitative estimate of drug-likeness (QED) is 0.751. The molecular weight excluding hydrogens is 220 g/mol. The van der Waals surface area contributed by atoms with Crippen molar-refractivity contribution in [3.8, 4) is 0 Å². The van der Waals surface area contributed by atoms with E-state index in [9.17, 15) is 10.2 Å². The number of thiophene rings is 1. The maximum Gasteiger partial charge on any atom is -0.00523 e. The van der Waals surface area contributed by atoms with Crippen LogP contribution >= 0.6 is 11.3 Å². The highest BCUT2D eigenvalue weighted by Crippen LogP contribution is 2.20. The third-order valence-electron chi connectivity index (χ3n) is 2.18. The van der Waals surface area contributed by atoms with E-state index in [1.54, 1.807) is 30.3 Å². The van der Waals surface area contributed by atoms with E-state index in [1.165, 1.54) is 17.4 Å². The smallest absolute Gasteiger partial charge is 0.00523 e. The summed E-state index contributed by atoms with van der Waals surface area (Å²) >= 11 is 1.37. The highest BCUT2D eigenvalue weighted by Gasteiger charge is 1.96. The number of benzene rings is 1. The predicted octanol–water partition coefficient (Wildman–Crippen LogP) is 1.55. The standard InChI is InChI=1S/C13H11O2S/c14-11(10-5-2-1-3-6-10)9-12(15)13-7-4-8-16-13/h1-9,12,14H/q-1/p-1. The minimum Gasteiger partial charge on any atom is -0.872 e. The van der Waals surface area contributed by atoms with E-state index in [0.717, 1.165) is 0 Å². The van der Waals surface area contributed by atoms with E-state index in [0.29, 0.717) is 10.4 Å². The maximum absolute atomic E-state index is 11.7. The highest BCUT2D eigenvalue weighted by atomic mass is 32.1. The topological polar surface area (TPSA) is 46.1 Å². The monoisotopic (exact) mass is 230 g/mol. The molecule has 0 saturated heterocycles. The summed E-state index contributed by atoms with van der Waals surface area (Å²) in [5, 5.41) is 25.2. The molecule has 82 valence electrons. The molecule has 2 nitrogen and oxygen atoms in total. The van der Waals surface area contributed by atoms with Crippen molar-refractivity contribution in [1.82, 2.24) is 0 Å². The van der Waals surface area contributed by atoms with Crippen LogP contribution in [0.2, 0.25) is 0 Å². The Morgan fingerprint density at radius 3 is 2.50 bits per heavy atom. The normalized spacial score (nSPS) is 13.7. The molecule has 0 N–H and O–H groups in total. The van der Waals surface area contributed by atoms with Crippen molar-refractivity contribution in [3.05, 3.63) is 64.4 Å². The second-order valence-electron chi connectivity index (χ2n) is 3.33. The Hall–Kier alpha value is -1.58. The van der Waals surface area contributed by atoms with Gasteiger partial charge in [0.05, 0.1) is 0 Å². The van der Waals surface area contributed by atoms with Crippen LogP contribution in [-0.2, 0) is 0 Å². The Morgan fingerprint density at radius 1 is 1.12 bits per heavy atom. The predicted molar refractivity (Wildman–Crippen MR) is 61.5 cm³/mol. The fourth-order valence-corrected chi connectivity index (χ4v) is 2.04. The fraction of sp³-hybridized carbons (Fsp3) is 0.0769. The Morgan fingerprint density at radius 2 is 1.88 bits per heavy atom. The first-order valence-electron chi connectivity index (χ1n) is 4.91. The van der Waals surface area contributed by atoms with Crippen molar-refractivity contribution in [2.75, 3.05) is 0 Å². The minimum atomic E-state index is -1.06. The second kappa shape index (κ2) is 4.96. The van der Waals surface area contributed by atoms with Crippen LogP contribution in [0.5, 0.6) is 0 Å². The molecule has 0 aliphatic carbocycles. The zero-order valence-electron chi connectivity index (χ0n) is 8.50. The van der Waals surface area contributed by atoms with Gasteiger partial charge in [0.15, 0.2) is 0 Å². The Bertz CT molecular complexity index is 460. The minimum absolute atomic E-state index is 0.214. The molecule has 2 rings (SSSR count). The summed E-state index contributed by atoms with van der Waals surface area (Å²) in [5.41, 5.74) is 0.555. The summed E-state index contributed by atoms with van der Waals surface area (Å²) in [4.78, 5) is 0.671. The van der Waals surface area contributed by atoms with Crippen molar-refractivity contribution < 1.29 is 10.2 Å². The van der Waals surface area contributed by atoms with Crippen LogP contribution in [0.4, 0.5) is 0 Å². The van der Waals surface area contributed by atoms with Crippen LogP contribution in [0.3, 0.4) is 0 Å². The molecule has 0 aliphatic rings. The van der Waals surface area contributed by atoms with Crippen LogP contribution in [0.15, 0.2) is 53.9 Å². The van der Waals surface area contributed by atoms with Gasteiger partial charge in [0.2, 0.25) is 0 Å². The van der Waals surface area contributed by atoms with Gasteiger partial charge in [-0.25, -0.2) is 0 Å². The average Bonchev–Trinajstić information content (AvgIpc) is 2.83. The highest BCUT2D eigenvalue weighted by molar-refractivity contribution is 7.10. The van der Waals surface area contributed by atoms with Gasteiger partial charge in [0.1, 0.15) is 0 Å². The van der Waals surface area contributed by atoms with E-state index in [2.05, 4.69) is 0 Å². The van der Waals surface area contributed by atoms with Crippen LogP contribution in [0, 0.1) is 0 Å². The van der Waals surface area contributed by atoms with Gasteiger partial charge in [0, 0.05) is 0 Å². The SMILES string of the molecule is [O-]C(=CC([O-])c1cccs1)c1ccccc1. The lowest BCUT2D eigenvalue weighted by Crippen LogP contribution is -2.14. The molecule has 1 atom stereocenters. The zero-order chi connectivity index (χ0) is 11.4. The van der Waals surface area contributed by atoms with E-state index < -0.39 is 6.10 Å². The largest absolute Gasteiger partial charge is 0.872 e. The molecule has 0 bridgehead atoms. The van der Waals surface area contributed by atoms with Gasteiger partial charge in [-0.1, -0.05) is 42.5 Å². The van der Waals surface area contributed by atoms with Gasteiger partial charge < -0.3 is 10.2 Å². The number of rotatable bonds is 3. The number of hydrogen-bond donors (Lipinski definition) is 0. The van der Waals surface area contributed by atoms with E-state index in [4.69, 9.17) is 0 Å². The summed E-state index contributed by atoms with van der Waals surface area (Å²) in [6.07, 6.45) is 0.161. The molecule has 16 heavy (non-hydrogen) atoms. The van der Waals surface area contributed by atoms with Crippen molar-refractivity contribution in [3.63, 3.8) is 0 Å². The molecular formula is C13H10O2S-2. The van der Waals surface area contributed by atoms with Crippen LogP contribution < -0.4 is 10.2 Å². The molecule has 3 heteroatoms. The third kappa shape index (κ3) is 2.51. The zero-order valence-corrected chi connectivity index (χ0v) is 9.31. The van der Waals surface area contributed by atoms with Crippen molar-refractivity contribution >= 4 is 17.1 Å². The van der Waals surface area contributed by atoms with Crippen LogP contribution in [0.25, 0.3) is 5.76 Å². The first-order chi connectivity index (χ1) is 7.77. The average molecular weight is 230 g/mol. The lowest BCUT2D eigenvalue weighted by molar-refractivity contribution is -0.409. The molecule has 1 unspecified atom stereocenters. The van der Waals surface area contributed by atoms with Crippen molar-refractivity contribution in [1.29, 1.82) is 0 Å². The molecule has 0 aliphatic heterocycles. The molecule has 1 aromatic carbocycles. The summed E-state index contributed by atoms with van der Waals surface area (Å²) in [6, 6.07) is 12.4. The summed E-state index contributed by atoms with van der Waals surface area (Å²) in [5.74, 6) is -0.214. The van der Waals surface area contributed by atoms with E-state index in [-0.39, 0.29) is 5.76 Å². The second-order valence-corrected chi connectivity index (χ2v) is 4.31. The van der Waals surface area contributed by atoms with Gasteiger partial charge in [-0.2, -0.15) is 0 Å². The van der Waals surface area contributed by atoms with E-state index in [1.807, 2.05) is 17.5 Å². The first kappa shape index (κ1) is 10.9. The summed E-state index contributed by atoms with van der Waals surface area (Å²) in [7, 11) is 0. The molecule has 0 radical (unpaired) electrons. The molecule has 0 amide bonds. The van der Waals surface area contributed by atoms with Gasteiger partial charge in [0.25, 0.3) is 0 Å². The molecule has 1 heterocycles. The van der Waals surface area contributed by atoms with Gasteiger partial charge in [-0.3, -0.25) is 0 Å². The Balaban J connectivity index is 2.19. The molecule has 0 spiro atoms. The Labute approximate surface area is 98.1 Å². The van der Waals surface area contributed by atoms with Crippen molar-refractivity contribution in [2.24, 2.45) is 0 Å². The lowest BCUT2D eigenvalue weighted by atomic mass is 10.1. The van der Waals surface area contributed by atoms with E-state index >= 15 is 0 Å². The first-order valence-corrected chi connectivity index (χ1v) is 5.79. The molecule has 2 aromatic rings. The van der Waals surface area contributed by atoms with Gasteiger partial charge in [-0.15, -0.1) is 23.2 Å². The summed E-state index contributed by atoms with van der Waals surface area (Å²) < 4.78 is 0. The summed E-state index contributed by atoms with van der Waals surface area (Å²) in [6.45, 7) is 0. The van der Waals surface area contributed by atoms with Gasteiger partial charge in [-0.05, 0) is 21.9 Å². The fourth-order valence-electron chi connectivity index (χ4n) is 1.37. The Kier molecular flexibility index (Phi) is 3.39. The maximum atomic E-state index is 11.7. The molecule has 0 saturated carbocycles. The number of hydrogen-bond acceptors (Lipinski definition) is 3. The third-order valence-corrected chi connectivity index (χ3v) is 3.12. The van der Waals surface area contributed by atoms with Gasteiger partial charge >= 0.3 is 0 Å². The van der Waals surface area contributed by atoms with Crippen LogP contribution in [-0.4, -0.2) is 0 Å². The van der Waals surface area contributed by atoms with Crippen molar-refractivity contribution in [2.45, 2.75) is 6.10 Å².